The predicted molar refractivity (Wildman–Crippen MR) is 120 cm³/mol. The van der Waals surface area contributed by atoms with Crippen LogP contribution in [0.25, 0.3) is 0 Å². The molecule has 4 rings (SSSR count). The van der Waals surface area contributed by atoms with Gasteiger partial charge < -0.3 is 20.1 Å². The summed E-state index contributed by atoms with van der Waals surface area (Å²) in [6.45, 7) is 1.09. The number of rotatable bonds is 9. The van der Waals surface area contributed by atoms with E-state index in [1.54, 1.807) is 17.0 Å². The van der Waals surface area contributed by atoms with Crippen molar-refractivity contribution in [1.29, 1.82) is 0 Å². The number of ether oxygens (including phenoxy) is 1. The number of carboxylic acid groups (broad SMARTS) is 1. The van der Waals surface area contributed by atoms with E-state index in [4.69, 9.17) is 9.84 Å². The van der Waals surface area contributed by atoms with Crippen LogP contribution in [0.5, 0.6) is 5.75 Å². The molecule has 0 unspecified atom stereocenters. The summed E-state index contributed by atoms with van der Waals surface area (Å²) >= 11 is 0. The average molecular weight is 441 g/mol. The Kier molecular flexibility index (Phi) is 7.05. The Hall–Kier alpha value is -2.93. The third kappa shape index (κ3) is 5.27. The van der Waals surface area contributed by atoms with Gasteiger partial charge in [-0.2, -0.15) is 0 Å². The monoisotopic (exact) mass is 440 g/mol. The maximum absolute atomic E-state index is 14.6. The Balaban J connectivity index is 1.33. The Morgan fingerprint density at radius 3 is 2.72 bits per heavy atom. The van der Waals surface area contributed by atoms with Crippen molar-refractivity contribution >= 4 is 17.6 Å². The molecule has 0 aromatic heterocycles. The lowest BCUT2D eigenvalue weighted by atomic mass is 9.96. The van der Waals surface area contributed by atoms with Gasteiger partial charge in [-0.05, 0) is 60.6 Å². The molecule has 0 atom stereocenters. The average Bonchev–Trinajstić information content (AvgIpc) is 3.45. The number of carboxylic acids is 1. The van der Waals surface area contributed by atoms with Crippen molar-refractivity contribution in [2.24, 2.45) is 0 Å². The van der Waals surface area contributed by atoms with Crippen LogP contribution in [0.4, 0.5) is 10.1 Å². The number of nitrogens with one attached hydrogen (secondary N) is 1. The molecular formula is C25H29FN2O4. The van der Waals surface area contributed by atoms with Crippen LogP contribution in [-0.4, -0.2) is 36.6 Å². The molecule has 32 heavy (non-hydrogen) atoms. The first-order valence-electron chi connectivity index (χ1n) is 11.3. The molecular weight excluding hydrogens is 411 g/mol. The van der Waals surface area contributed by atoms with Crippen molar-refractivity contribution in [1.82, 2.24) is 5.32 Å². The van der Waals surface area contributed by atoms with Crippen LogP contribution in [0.15, 0.2) is 36.4 Å². The van der Waals surface area contributed by atoms with Gasteiger partial charge in [-0.15, -0.1) is 0 Å². The summed E-state index contributed by atoms with van der Waals surface area (Å²) in [5, 5.41) is 11.5. The van der Waals surface area contributed by atoms with Crippen molar-refractivity contribution in [3.05, 3.63) is 58.9 Å². The van der Waals surface area contributed by atoms with E-state index in [0.717, 1.165) is 36.1 Å². The molecule has 0 radical (unpaired) electrons. The molecule has 2 aliphatic rings. The van der Waals surface area contributed by atoms with E-state index in [1.165, 1.54) is 12.8 Å². The highest BCUT2D eigenvalue weighted by molar-refractivity contribution is 5.96. The van der Waals surface area contributed by atoms with Crippen molar-refractivity contribution in [2.45, 2.75) is 51.0 Å². The van der Waals surface area contributed by atoms with Crippen LogP contribution in [-0.2, 0) is 22.6 Å². The van der Waals surface area contributed by atoms with E-state index in [2.05, 4.69) is 5.32 Å². The molecule has 170 valence electrons. The number of hydrogen-bond acceptors (Lipinski definition) is 4. The fourth-order valence-corrected chi connectivity index (χ4v) is 4.57. The summed E-state index contributed by atoms with van der Waals surface area (Å²) in [4.78, 5) is 24.7. The molecule has 1 saturated carbocycles. The standard InChI is InChI=1S/C25H29FN2O4/c26-22-14-18(17-3-1-2-4-17)5-6-20(22)16-32-21-7-8-23-19(13-21)10-12-28(23)24(29)15-27-11-9-25(30)31/h5-8,13-14,17,27H,1-4,9-12,15-16H2,(H,30,31). The number of anilines is 1. The van der Waals surface area contributed by atoms with E-state index in [0.29, 0.717) is 23.8 Å². The molecule has 2 aromatic carbocycles. The van der Waals surface area contributed by atoms with Gasteiger partial charge in [0.05, 0.1) is 13.0 Å². The van der Waals surface area contributed by atoms with E-state index in [1.807, 2.05) is 24.3 Å². The van der Waals surface area contributed by atoms with Gasteiger partial charge in [0.25, 0.3) is 0 Å². The molecule has 1 amide bonds. The molecule has 0 spiro atoms. The third-order valence-electron chi connectivity index (χ3n) is 6.34. The summed E-state index contributed by atoms with van der Waals surface area (Å²) in [6, 6.07) is 11.1. The maximum Gasteiger partial charge on any atom is 0.304 e. The number of halogens is 1. The van der Waals surface area contributed by atoms with Crippen LogP contribution in [0.3, 0.4) is 0 Å². The largest absolute Gasteiger partial charge is 0.489 e. The van der Waals surface area contributed by atoms with Gasteiger partial charge in [0, 0.05) is 24.3 Å². The number of benzene rings is 2. The summed E-state index contributed by atoms with van der Waals surface area (Å²) in [7, 11) is 0. The highest BCUT2D eigenvalue weighted by Crippen LogP contribution is 2.35. The lowest BCUT2D eigenvalue weighted by Crippen LogP contribution is -2.37. The van der Waals surface area contributed by atoms with Gasteiger partial charge in [0.1, 0.15) is 18.2 Å². The molecule has 7 heteroatoms. The van der Waals surface area contributed by atoms with E-state index in [-0.39, 0.29) is 37.8 Å². The third-order valence-corrected chi connectivity index (χ3v) is 6.34. The fourth-order valence-electron chi connectivity index (χ4n) is 4.57. The predicted octanol–water partition coefficient (Wildman–Crippen LogP) is 4.02. The number of aliphatic carboxylic acids is 1. The zero-order valence-electron chi connectivity index (χ0n) is 18.1. The molecule has 6 nitrogen and oxygen atoms in total. The Morgan fingerprint density at radius 2 is 1.97 bits per heavy atom. The van der Waals surface area contributed by atoms with E-state index in [9.17, 15) is 14.0 Å². The van der Waals surface area contributed by atoms with Crippen LogP contribution in [0, 0.1) is 5.82 Å². The lowest BCUT2D eigenvalue weighted by Gasteiger charge is -2.18. The smallest absolute Gasteiger partial charge is 0.304 e. The Labute approximate surface area is 187 Å². The zero-order valence-corrected chi connectivity index (χ0v) is 18.1. The molecule has 1 heterocycles. The molecule has 0 bridgehead atoms. The van der Waals surface area contributed by atoms with Crippen molar-refractivity contribution < 1.29 is 23.8 Å². The quantitative estimate of drug-likeness (QED) is 0.576. The summed E-state index contributed by atoms with van der Waals surface area (Å²) in [5.41, 5.74) is 3.48. The van der Waals surface area contributed by atoms with Crippen molar-refractivity contribution in [2.75, 3.05) is 24.5 Å². The van der Waals surface area contributed by atoms with Gasteiger partial charge in [0.15, 0.2) is 0 Å². The Morgan fingerprint density at radius 1 is 1.16 bits per heavy atom. The van der Waals surface area contributed by atoms with Crippen LogP contribution >= 0.6 is 0 Å². The minimum absolute atomic E-state index is 0.0194. The summed E-state index contributed by atoms with van der Waals surface area (Å²) < 4.78 is 20.4. The first-order valence-corrected chi connectivity index (χ1v) is 11.3. The summed E-state index contributed by atoms with van der Waals surface area (Å²) in [6.07, 6.45) is 5.43. The lowest BCUT2D eigenvalue weighted by molar-refractivity contribution is -0.137. The van der Waals surface area contributed by atoms with Gasteiger partial charge in [-0.3, -0.25) is 9.59 Å². The second-order valence-electron chi connectivity index (χ2n) is 8.53. The number of nitrogens with zero attached hydrogens (tertiary/aromatic N) is 1. The number of fused-ring (bicyclic) bond motifs is 1. The number of hydrogen-bond donors (Lipinski definition) is 2. The number of carbonyl (C=O) groups is 2. The topological polar surface area (TPSA) is 78.9 Å². The van der Waals surface area contributed by atoms with Crippen molar-refractivity contribution in [3.63, 3.8) is 0 Å². The second kappa shape index (κ2) is 10.1. The van der Waals surface area contributed by atoms with Gasteiger partial charge >= 0.3 is 5.97 Å². The molecule has 1 fully saturated rings. The number of amides is 1. The van der Waals surface area contributed by atoms with Gasteiger partial charge in [0.2, 0.25) is 5.91 Å². The van der Waals surface area contributed by atoms with Crippen LogP contribution in [0.1, 0.15) is 54.7 Å². The van der Waals surface area contributed by atoms with Crippen LogP contribution < -0.4 is 15.0 Å². The molecule has 1 aliphatic carbocycles. The summed E-state index contributed by atoms with van der Waals surface area (Å²) in [5.74, 6) is -0.0744. The van der Waals surface area contributed by atoms with Gasteiger partial charge in [-0.25, -0.2) is 4.39 Å². The Bertz CT molecular complexity index is 988. The highest BCUT2D eigenvalue weighted by Gasteiger charge is 2.25. The first-order chi connectivity index (χ1) is 15.5. The maximum atomic E-state index is 14.6. The molecule has 1 aliphatic heterocycles. The van der Waals surface area contributed by atoms with E-state index < -0.39 is 5.97 Å². The van der Waals surface area contributed by atoms with Crippen LogP contribution in [0.2, 0.25) is 0 Å². The van der Waals surface area contributed by atoms with E-state index >= 15 is 0 Å². The fraction of sp³-hybridized carbons (Fsp3) is 0.440. The SMILES string of the molecule is O=C(O)CCNCC(=O)N1CCc2cc(OCc3ccc(C4CCCC4)cc3F)ccc21. The zero-order chi connectivity index (χ0) is 22.5. The molecule has 0 saturated heterocycles. The minimum atomic E-state index is -0.895. The molecule has 2 N–H and O–H groups in total. The van der Waals surface area contributed by atoms with Crippen molar-refractivity contribution in [3.8, 4) is 5.75 Å². The normalized spacial score (nSPS) is 15.7. The minimum Gasteiger partial charge on any atom is -0.489 e. The number of carbonyl (C=O) groups excluding carboxylic acids is 1. The second-order valence-corrected chi connectivity index (χ2v) is 8.53. The van der Waals surface area contributed by atoms with Gasteiger partial charge in [-0.1, -0.05) is 25.0 Å². The highest BCUT2D eigenvalue weighted by atomic mass is 19.1. The first kappa shape index (κ1) is 22.3. The molecule has 2 aromatic rings.